The molecule has 0 amide bonds. The van der Waals surface area contributed by atoms with E-state index in [2.05, 4.69) is 9.97 Å². The van der Waals surface area contributed by atoms with Gasteiger partial charge in [0, 0.05) is 18.4 Å². The fourth-order valence-electron chi connectivity index (χ4n) is 1.60. The molecule has 1 heterocycles. The van der Waals surface area contributed by atoms with Crippen molar-refractivity contribution in [3.05, 3.63) is 18.6 Å². The van der Waals surface area contributed by atoms with Crippen molar-refractivity contribution in [3.8, 4) is 5.88 Å². The Morgan fingerprint density at radius 3 is 2.92 bits per heavy atom. The Kier molecular flexibility index (Phi) is 2.40. The summed E-state index contributed by atoms with van der Waals surface area (Å²) in [6.45, 7) is 0. The van der Waals surface area contributed by atoms with Gasteiger partial charge in [0.05, 0.1) is 6.20 Å². The second kappa shape index (κ2) is 3.70. The molecule has 0 bridgehead atoms. The third kappa shape index (κ3) is 1.95. The standard InChI is InChI=1S/C9H13N3O/c10-7-2-1-3-8(7)13-9-6-11-4-5-12-9/h4-8H,1-3,10H2/t7-,8-/m1/s1. The quantitative estimate of drug-likeness (QED) is 0.727. The molecule has 1 saturated carbocycles. The second-order valence-electron chi connectivity index (χ2n) is 3.29. The van der Waals surface area contributed by atoms with E-state index in [1.165, 1.54) is 0 Å². The van der Waals surface area contributed by atoms with Crippen LogP contribution in [0.3, 0.4) is 0 Å². The number of hydrogen-bond acceptors (Lipinski definition) is 4. The molecule has 2 N–H and O–H groups in total. The molecule has 1 aromatic heterocycles. The molecule has 0 spiro atoms. The molecular formula is C9H13N3O. The van der Waals surface area contributed by atoms with Crippen LogP contribution in [0.5, 0.6) is 5.88 Å². The zero-order valence-electron chi connectivity index (χ0n) is 7.39. The Balaban J connectivity index is 1.98. The van der Waals surface area contributed by atoms with Gasteiger partial charge in [-0.05, 0) is 19.3 Å². The van der Waals surface area contributed by atoms with Crippen LogP contribution in [0, 0.1) is 0 Å². The topological polar surface area (TPSA) is 61.0 Å². The van der Waals surface area contributed by atoms with Gasteiger partial charge >= 0.3 is 0 Å². The Hall–Kier alpha value is -1.16. The Morgan fingerprint density at radius 1 is 1.38 bits per heavy atom. The van der Waals surface area contributed by atoms with Crippen molar-refractivity contribution in [2.75, 3.05) is 0 Å². The Bertz CT molecular complexity index is 265. The van der Waals surface area contributed by atoms with Crippen LogP contribution >= 0.6 is 0 Å². The number of hydrogen-bond donors (Lipinski definition) is 1. The van der Waals surface area contributed by atoms with Gasteiger partial charge in [-0.3, -0.25) is 4.98 Å². The van der Waals surface area contributed by atoms with Crippen LogP contribution in [0.25, 0.3) is 0 Å². The maximum absolute atomic E-state index is 5.85. The first-order valence-electron chi connectivity index (χ1n) is 4.54. The first-order valence-corrected chi connectivity index (χ1v) is 4.54. The van der Waals surface area contributed by atoms with Crippen LogP contribution in [0.4, 0.5) is 0 Å². The summed E-state index contributed by atoms with van der Waals surface area (Å²) in [5, 5.41) is 0. The molecule has 0 unspecified atom stereocenters. The summed E-state index contributed by atoms with van der Waals surface area (Å²) in [6, 6.07) is 0.155. The zero-order valence-corrected chi connectivity index (χ0v) is 7.39. The molecule has 1 fully saturated rings. The van der Waals surface area contributed by atoms with Crippen molar-refractivity contribution in [2.24, 2.45) is 5.73 Å². The molecule has 1 aliphatic rings. The monoisotopic (exact) mass is 179 g/mol. The smallest absolute Gasteiger partial charge is 0.232 e. The lowest BCUT2D eigenvalue weighted by molar-refractivity contribution is 0.183. The van der Waals surface area contributed by atoms with Crippen LogP contribution in [0.1, 0.15) is 19.3 Å². The van der Waals surface area contributed by atoms with Gasteiger partial charge in [0.25, 0.3) is 0 Å². The van der Waals surface area contributed by atoms with Crippen LogP contribution in [0.15, 0.2) is 18.6 Å². The van der Waals surface area contributed by atoms with Crippen molar-refractivity contribution in [2.45, 2.75) is 31.4 Å². The minimum Gasteiger partial charge on any atom is -0.472 e. The fourth-order valence-corrected chi connectivity index (χ4v) is 1.60. The normalized spacial score (nSPS) is 27.5. The predicted molar refractivity (Wildman–Crippen MR) is 48.3 cm³/mol. The lowest BCUT2D eigenvalue weighted by atomic mass is 10.2. The van der Waals surface area contributed by atoms with E-state index in [-0.39, 0.29) is 12.1 Å². The zero-order chi connectivity index (χ0) is 9.10. The van der Waals surface area contributed by atoms with Crippen molar-refractivity contribution < 1.29 is 4.74 Å². The largest absolute Gasteiger partial charge is 0.472 e. The lowest BCUT2D eigenvalue weighted by Gasteiger charge is -2.16. The van der Waals surface area contributed by atoms with Gasteiger partial charge in [-0.15, -0.1) is 0 Å². The van der Waals surface area contributed by atoms with Crippen LogP contribution < -0.4 is 10.5 Å². The number of ether oxygens (including phenoxy) is 1. The Labute approximate surface area is 77.1 Å². The van der Waals surface area contributed by atoms with Gasteiger partial charge in [-0.2, -0.15) is 0 Å². The molecule has 1 aromatic rings. The van der Waals surface area contributed by atoms with E-state index >= 15 is 0 Å². The highest BCUT2D eigenvalue weighted by Crippen LogP contribution is 2.21. The van der Waals surface area contributed by atoms with Gasteiger partial charge in [0.2, 0.25) is 5.88 Å². The van der Waals surface area contributed by atoms with Gasteiger partial charge in [0.15, 0.2) is 0 Å². The molecule has 0 aromatic carbocycles. The predicted octanol–water partition coefficient (Wildman–Crippen LogP) is 0.735. The SMILES string of the molecule is N[C@@H]1CCC[C@H]1Oc1cnccn1. The number of rotatable bonds is 2. The average molecular weight is 179 g/mol. The molecule has 70 valence electrons. The van der Waals surface area contributed by atoms with Crippen LogP contribution in [-0.4, -0.2) is 22.1 Å². The summed E-state index contributed by atoms with van der Waals surface area (Å²) in [7, 11) is 0. The molecule has 13 heavy (non-hydrogen) atoms. The molecule has 0 saturated heterocycles. The number of nitrogens with two attached hydrogens (primary N) is 1. The maximum Gasteiger partial charge on any atom is 0.232 e. The summed E-state index contributed by atoms with van der Waals surface area (Å²) in [5.74, 6) is 0.574. The summed E-state index contributed by atoms with van der Waals surface area (Å²) < 4.78 is 5.59. The minimum absolute atomic E-state index is 0.122. The van der Waals surface area contributed by atoms with Gasteiger partial charge < -0.3 is 10.5 Å². The first kappa shape index (κ1) is 8.44. The van der Waals surface area contributed by atoms with E-state index in [4.69, 9.17) is 10.5 Å². The van der Waals surface area contributed by atoms with E-state index in [9.17, 15) is 0 Å². The molecule has 1 aliphatic carbocycles. The van der Waals surface area contributed by atoms with E-state index < -0.39 is 0 Å². The number of aromatic nitrogens is 2. The second-order valence-corrected chi connectivity index (χ2v) is 3.29. The summed E-state index contributed by atoms with van der Waals surface area (Å²) in [4.78, 5) is 7.96. The molecular weight excluding hydrogens is 166 g/mol. The summed E-state index contributed by atoms with van der Waals surface area (Å²) >= 11 is 0. The van der Waals surface area contributed by atoms with E-state index in [0.29, 0.717) is 5.88 Å². The average Bonchev–Trinajstić information content (AvgIpc) is 2.54. The number of nitrogens with zero attached hydrogens (tertiary/aromatic N) is 2. The van der Waals surface area contributed by atoms with Crippen molar-refractivity contribution in [1.29, 1.82) is 0 Å². The van der Waals surface area contributed by atoms with Crippen molar-refractivity contribution in [3.63, 3.8) is 0 Å². The molecule has 4 nitrogen and oxygen atoms in total. The van der Waals surface area contributed by atoms with Crippen LogP contribution in [0.2, 0.25) is 0 Å². The maximum atomic E-state index is 5.85. The summed E-state index contributed by atoms with van der Waals surface area (Å²) in [5.41, 5.74) is 5.85. The van der Waals surface area contributed by atoms with Crippen molar-refractivity contribution >= 4 is 0 Å². The molecule has 4 heteroatoms. The van der Waals surface area contributed by atoms with Crippen molar-refractivity contribution in [1.82, 2.24) is 9.97 Å². The van der Waals surface area contributed by atoms with Gasteiger partial charge in [0.1, 0.15) is 6.10 Å². The highest BCUT2D eigenvalue weighted by Gasteiger charge is 2.25. The van der Waals surface area contributed by atoms with E-state index in [0.717, 1.165) is 19.3 Å². The molecule has 2 atom stereocenters. The minimum atomic E-state index is 0.122. The highest BCUT2D eigenvalue weighted by molar-refractivity contribution is 5.03. The fraction of sp³-hybridized carbons (Fsp3) is 0.556. The van der Waals surface area contributed by atoms with Crippen LogP contribution in [-0.2, 0) is 0 Å². The third-order valence-electron chi connectivity index (χ3n) is 2.32. The molecule has 2 rings (SSSR count). The molecule has 0 radical (unpaired) electrons. The molecule has 0 aliphatic heterocycles. The van der Waals surface area contributed by atoms with E-state index in [1.54, 1.807) is 18.6 Å². The van der Waals surface area contributed by atoms with Gasteiger partial charge in [-0.25, -0.2) is 4.98 Å². The third-order valence-corrected chi connectivity index (χ3v) is 2.32. The highest BCUT2D eigenvalue weighted by atomic mass is 16.5. The lowest BCUT2D eigenvalue weighted by Crippen LogP contribution is -2.33. The summed E-state index contributed by atoms with van der Waals surface area (Å²) in [6.07, 6.45) is 8.20. The Morgan fingerprint density at radius 2 is 2.31 bits per heavy atom. The first-order chi connectivity index (χ1) is 6.36. The van der Waals surface area contributed by atoms with E-state index in [1.807, 2.05) is 0 Å². The van der Waals surface area contributed by atoms with Gasteiger partial charge in [-0.1, -0.05) is 0 Å².